The first-order valence-corrected chi connectivity index (χ1v) is 5.01. The Morgan fingerprint density at radius 2 is 2.00 bits per heavy atom. The van der Waals surface area contributed by atoms with Gasteiger partial charge in [-0.05, 0) is 12.0 Å². The van der Waals surface area contributed by atoms with Crippen molar-refractivity contribution in [2.45, 2.75) is 32.3 Å². The number of carbonyl (C=O) groups is 1. The summed E-state index contributed by atoms with van der Waals surface area (Å²) in [6.07, 6.45) is 1.35. The number of unbranched alkanes of at least 4 members (excludes halogenated alkanes) is 1. The molecule has 2 heteroatoms. The van der Waals surface area contributed by atoms with E-state index >= 15 is 0 Å². The van der Waals surface area contributed by atoms with Crippen LogP contribution >= 0.6 is 0 Å². The van der Waals surface area contributed by atoms with Gasteiger partial charge < -0.3 is 5.11 Å². The van der Waals surface area contributed by atoms with Gasteiger partial charge >= 0.3 is 0 Å². The summed E-state index contributed by atoms with van der Waals surface area (Å²) in [5, 5.41) is 9.67. The van der Waals surface area contributed by atoms with Crippen LogP contribution in [0.15, 0.2) is 30.3 Å². The van der Waals surface area contributed by atoms with E-state index in [9.17, 15) is 9.90 Å². The van der Waals surface area contributed by atoms with Gasteiger partial charge in [-0.3, -0.25) is 4.79 Å². The number of aliphatic hydroxyl groups excluding tert-OH is 1. The van der Waals surface area contributed by atoms with E-state index in [2.05, 4.69) is 0 Å². The first-order valence-electron chi connectivity index (χ1n) is 5.01. The lowest BCUT2D eigenvalue weighted by Gasteiger charge is -2.08. The minimum Gasteiger partial charge on any atom is -0.381 e. The fraction of sp³-hybridized carbons (Fsp3) is 0.417. The summed E-state index contributed by atoms with van der Waals surface area (Å²) in [6.45, 7) is 2.03. The Morgan fingerprint density at radius 3 is 2.57 bits per heavy atom. The Kier molecular flexibility index (Phi) is 4.33. The summed E-state index contributed by atoms with van der Waals surface area (Å²) >= 11 is 0. The SMILES string of the molecule is CCCCC(=O)[C@H](O)c1ccccc1. The van der Waals surface area contributed by atoms with Gasteiger partial charge in [-0.15, -0.1) is 0 Å². The lowest BCUT2D eigenvalue weighted by atomic mass is 10.0. The summed E-state index contributed by atoms with van der Waals surface area (Å²) in [5.74, 6) is -0.0851. The molecule has 0 heterocycles. The van der Waals surface area contributed by atoms with Crippen LogP contribution in [0, 0.1) is 0 Å². The van der Waals surface area contributed by atoms with Crippen molar-refractivity contribution in [1.29, 1.82) is 0 Å². The molecular weight excluding hydrogens is 176 g/mol. The lowest BCUT2D eigenvalue weighted by Crippen LogP contribution is -2.11. The number of benzene rings is 1. The highest BCUT2D eigenvalue weighted by molar-refractivity contribution is 5.83. The average molecular weight is 192 g/mol. The molecule has 1 aromatic rings. The number of rotatable bonds is 5. The standard InChI is InChI=1S/C12H16O2/c1-2-3-9-11(13)12(14)10-7-5-4-6-8-10/h4-8,12,14H,2-3,9H2,1H3/t12-/m1/s1. The lowest BCUT2D eigenvalue weighted by molar-refractivity contribution is -0.127. The Labute approximate surface area is 84.6 Å². The highest BCUT2D eigenvalue weighted by Gasteiger charge is 2.15. The molecule has 0 fully saturated rings. The second-order valence-corrected chi connectivity index (χ2v) is 3.38. The van der Waals surface area contributed by atoms with Gasteiger partial charge in [-0.2, -0.15) is 0 Å². The molecule has 0 saturated heterocycles. The molecule has 2 nitrogen and oxygen atoms in total. The van der Waals surface area contributed by atoms with Gasteiger partial charge in [0.2, 0.25) is 0 Å². The molecule has 0 aliphatic heterocycles. The number of carbonyl (C=O) groups excluding carboxylic acids is 1. The van der Waals surface area contributed by atoms with Gasteiger partial charge in [0.15, 0.2) is 5.78 Å². The van der Waals surface area contributed by atoms with E-state index in [0.717, 1.165) is 12.8 Å². The minimum absolute atomic E-state index is 0.0851. The van der Waals surface area contributed by atoms with Gasteiger partial charge in [-0.1, -0.05) is 43.7 Å². The van der Waals surface area contributed by atoms with Crippen molar-refractivity contribution in [3.63, 3.8) is 0 Å². The van der Waals surface area contributed by atoms with E-state index in [1.807, 2.05) is 25.1 Å². The summed E-state index contributed by atoms with van der Waals surface area (Å²) < 4.78 is 0. The van der Waals surface area contributed by atoms with Crippen LogP contribution in [0.25, 0.3) is 0 Å². The zero-order chi connectivity index (χ0) is 10.4. The monoisotopic (exact) mass is 192 g/mol. The average Bonchev–Trinajstić information content (AvgIpc) is 2.26. The van der Waals surface area contributed by atoms with Crippen molar-refractivity contribution in [2.75, 3.05) is 0 Å². The fourth-order valence-electron chi connectivity index (χ4n) is 1.31. The van der Waals surface area contributed by atoms with E-state index in [1.165, 1.54) is 0 Å². The van der Waals surface area contributed by atoms with Crippen LogP contribution in [0.1, 0.15) is 37.9 Å². The topological polar surface area (TPSA) is 37.3 Å². The Balaban J connectivity index is 2.57. The normalized spacial score (nSPS) is 12.4. The highest BCUT2D eigenvalue weighted by atomic mass is 16.3. The van der Waals surface area contributed by atoms with Crippen molar-refractivity contribution in [3.05, 3.63) is 35.9 Å². The largest absolute Gasteiger partial charge is 0.381 e. The number of Topliss-reactive ketones (excluding diaryl/α,β-unsaturated/α-hetero) is 1. The van der Waals surface area contributed by atoms with E-state index in [-0.39, 0.29) is 5.78 Å². The molecule has 0 aliphatic carbocycles. The van der Waals surface area contributed by atoms with Crippen LogP contribution in [0.4, 0.5) is 0 Å². The summed E-state index contributed by atoms with van der Waals surface area (Å²) in [7, 11) is 0. The van der Waals surface area contributed by atoms with Crippen LogP contribution in [0.2, 0.25) is 0 Å². The molecule has 14 heavy (non-hydrogen) atoms. The van der Waals surface area contributed by atoms with Gasteiger partial charge in [-0.25, -0.2) is 0 Å². The Bertz CT molecular complexity index is 280. The maximum Gasteiger partial charge on any atom is 0.165 e. The van der Waals surface area contributed by atoms with Crippen molar-refractivity contribution >= 4 is 5.78 Å². The third-order valence-electron chi connectivity index (χ3n) is 2.20. The molecule has 0 bridgehead atoms. The van der Waals surface area contributed by atoms with E-state index in [1.54, 1.807) is 12.1 Å². The fourth-order valence-corrected chi connectivity index (χ4v) is 1.31. The minimum atomic E-state index is -0.942. The molecule has 0 unspecified atom stereocenters. The molecule has 0 spiro atoms. The predicted octanol–water partition coefficient (Wildman–Crippen LogP) is 2.48. The first kappa shape index (κ1) is 10.9. The van der Waals surface area contributed by atoms with Gasteiger partial charge in [0.1, 0.15) is 6.10 Å². The van der Waals surface area contributed by atoms with E-state index < -0.39 is 6.10 Å². The number of aliphatic hydroxyl groups is 1. The zero-order valence-electron chi connectivity index (χ0n) is 8.44. The smallest absolute Gasteiger partial charge is 0.165 e. The Hall–Kier alpha value is -1.15. The number of hydrogen-bond donors (Lipinski definition) is 1. The molecule has 0 saturated carbocycles. The molecule has 0 amide bonds. The van der Waals surface area contributed by atoms with Crippen molar-refractivity contribution in [2.24, 2.45) is 0 Å². The van der Waals surface area contributed by atoms with Gasteiger partial charge in [0.05, 0.1) is 0 Å². The molecular formula is C12H16O2. The second-order valence-electron chi connectivity index (χ2n) is 3.38. The quantitative estimate of drug-likeness (QED) is 0.778. The zero-order valence-corrected chi connectivity index (χ0v) is 8.44. The third-order valence-corrected chi connectivity index (χ3v) is 2.20. The molecule has 1 rings (SSSR count). The van der Waals surface area contributed by atoms with Crippen LogP contribution in [-0.4, -0.2) is 10.9 Å². The van der Waals surface area contributed by atoms with Crippen LogP contribution < -0.4 is 0 Å². The maximum absolute atomic E-state index is 11.5. The van der Waals surface area contributed by atoms with Crippen LogP contribution in [0.3, 0.4) is 0 Å². The molecule has 0 radical (unpaired) electrons. The predicted molar refractivity (Wildman–Crippen MR) is 55.9 cm³/mol. The Morgan fingerprint density at radius 1 is 1.36 bits per heavy atom. The van der Waals surface area contributed by atoms with Crippen LogP contribution in [0.5, 0.6) is 0 Å². The van der Waals surface area contributed by atoms with Crippen LogP contribution in [-0.2, 0) is 4.79 Å². The third kappa shape index (κ3) is 2.96. The number of hydrogen-bond acceptors (Lipinski definition) is 2. The summed E-state index contributed by atoms with van der Waals surface area (Å²) in [5.41, 5.74) is 0.689. The van der Waals surface area contributed by atoms with Gasteiger partial charge in [0, 0.05) is 6.42 Å². The molecule has 76 valence electrons. The van der Waals surface area contributed by atoms with E-state index in [4.69, 9.17) is 0 Å². The summed E-state index contributed by atoms with van der Waals surface area (Å²) in [4.78, 5) is 11.5. The first-order chi connectivity index (χ1) is 6.75. The van der Waals surface area contributed by atoms with Crippen molar-refractivity contribution in [1.82, 2.24) is 0 Å². The molecule has 1 atom stereocenters. The molecule has 1 N–H and O–H groups in total. The van der Waals surface area contributed by atoms with Crippen molar-refractivity contribution < 1.29 is 9.90 Å². The molecule has 0 aliphatic rings. The second kappa shape index (κ2) is 5.55. The number of ketones is 1. The molecule has 0 aromatic heterocycles. The van der Waals surface area contributed by atoms with Gasteiger partial charge in [0.25, 0.3) is 0 Å². The highest BCUT2D eigenvalue weighted by Crippen LogP contribution is 2.15. The van der Waals surface area contributed by atoms with Crippen molar-refractivity contribution in [3.8, 4) is 0 Å². The maximum atomic E-state index is 11.5. The molecule has 1 aromatic carbocycles. The summed E-state index contributed by atoms with van der Waals surface area (Å²) in [6, 6.07) is 9.06. The van der Waals surface area contributed by atoms with E-state index in [0.29, 0.717) is 12.0 Å².